The van der Waals surface area contributed by atoms with Crippen molar-refractivity contribution >= 4 is 11.8 Å². The van der Waals surface area contributed by atoms with E-state index in [-0.39, 0.29) is 12.2 Å². The highest BCUT2D eigenvalue weighted by molar-refractivity contribution is 5.90. The summed E-state index contributed by atoms with van der Waals surface area (Å²) < 4.78 is 5.34. The first-order valence-corrected chi connectivity index (χ1v) is 6.22. The van der Waals surface area contributed by atoms with Crippen LogP contribution in [0.1, 0.15) is 39.7 Å². The van der Waals surface area contributed by atoms with E-state index in [1.807, 2.05) is 6.07 Å². The van der Waals surface area contributed by atoms with Gasteiger partial charge in [-0.2, -0.15) is 0 Å². The zero-order valence-corrected chi connectivity index (χ0v) is 11.9. The van der Waals surface area contributed by atoms with Crippen molar-refractivity contribution in [2.75, 3.05) is 0 Å². The third kappa shape index (κ3) is 4.17. The molecule has 2 N–H and O–H groups in total. The minimum absolute atomic E-state index is 0.0775. The fraction of sp³-hybridized carbons (Fsp3) is 0.467. The molecule has 1 unspecified atom stereocenters. The lowest BCUT2D eigenvalue weighted by Gasteiger charge is -2.31. The Hall–Kier alpha value is -1.68. The SMILES string of the molecule is CC(=O)CC(N)(C(=O)OC(C)(C)C)c1ccccc1. The normalized spacial score (nSPS) is 14.6. The number of ether oxygens (including phenoxy) is 1. The Morgan fingerprint density at radius 1 is 1.16 bits per heavy atom. The molecule has 0 saturated carbocycles. The van der Waals surface area contributed by atoms with E-state index in [0.717, 1.165) is 0 Å². The van der Waals surface area contributed by atoms with Crippen LogP contribution in [0, 0.1) is 0 Å². The molecule has 0 bridgehead atoms. The number of hydrogen-bond donors (Lipinski definition) is 1. The average Bonchev–Trinajstić information content (AvgIpc) is 2.26. The minimum atomic E-state index is -1.43. The molecule has 1 aromatic carbocycles. The Balaban J connectivity index is 3.14. The van der Waals surface area contributed by atoms with Crippen LogP contribution >= 0.6 is 0 Å². The monoisotopic (exact) mass is 263 g/mol. The molecule has 0 radical (unpaired) electrons. The number of carbonyl (C=O) groups excluding carboxylic acids is 2. The highest BCUT2D eigenvalue weighted by Gasteiger charge is 2.40. The molecule has 0 aliphatic heterocycles. The molecule has 4 heteroatoms. The maximum Gasteiger partial charge on any atom is 0.331 e. The van der Waals surface area contributed by atoms with E-state index in [2.05, 4.69) is 0 Å². The Morgan fingerprint density at radius 2 is 1.68 bits per heavy atom. The van der Waals surface area contributed by atoms with Crippen molar-refractivity contribution in [3.05, 3.63) is 35.9 Å². The molecule has 0 fully saturated rings. The number of nitrogens with two attached hydrogens (primary N) is 1. The Morgan fingerprint density at radius 3 is 2.11 bits per heavy atom. The molecule has 0 aliphatic carbocycles. The number of rotatable bonds is 4. The van der Waals surface area contributed by atoms with Crippen molar-refractivity contribution in [2.45, 2.75) is 45.3 Å². The van der Waals surface area contributed by atoms with Crippen LogP contribution in [0.15, 0.2) is 30.3 Å². The topological polar surface area (TPSA) is 69.4 Å². The largest absolute Gasteiger partial charge is 0.458 e. The van der Waals surface area contributed by atoms with E-state index >= 15 is 0 Å². The third-order valence-electron chi connectivity index (χ3n) is 2.58. The molecular formula is C15H21NO3. The van der Waals surface area contributed by atoms with E-state index < -0.39 is 17.1 Å². The van der Waals surface area contributed by atoms with E-state index in [0.29, 0.717) is 5.56 Å². The first-order valence-electron chi connectivity index (χ1n) is 6.22. The molecule has 0 heterocycles. The summed E-state index contributed by atoms with van der Waals surface area (Å²) in [6, 6.07) is 8.84. The van der Waals surface area contributed by atoms with Crippen molar-refractivity contribution in [1.29, 1.82) is 0 Å². The van der Waals surface area contributed by atoms with Gasteiger partial charge in [0.05, 0.1) is 0 Å². The second-order valence-corrected chi connectivity index (χ2v) is 5.72. The molecule has 0 amide bonds. The quantitative estimate of drug-likeness (QED) is 0.845. The van der Waals surface area contributed by atoms with Crippen LogP contribution in [0.4, 0.5) is 0 Å². The fourth-order valence-electron chi connectivity index (χ4n) is 1.79. The summed E-state index contributed by atoms with van der Waals surface area (Å²) in [7, 11) is 0. The average molecular weight is 263 g/mol. The van der Waals surface area contributed by atoms with Crippen LogP contribution in [0.2, 0.25) is 0 Å². The van der Waals surface area contributed by atoms with Gasteiger partial charge in [0, 0.05) is 6.42 Å². The summed E-state index contributed by atoms with van der Waals surface area (Å²) in [6.45, 7) is 6.72. The first-order chi connectivity index (χ1) is 8.65. The lowest BCUT2D eigenvalue weighted by atomic mass is 9.86. The molecule has 0 aromatic heterocycles. The molecule has 0 saturated heterocycles. The van der Waals surface area contributed by atoms with Gasteiger partial charge in [-0.3, -0.25) is 4.79 Å². The Kier molecular flexibility index (Phi) is 4.48. The molecule has 4 nitrogen and oxygen atoms in total. The number of carbonyl (C=O) groups is 2. The Bertz CT molecular complexity index is 462. The van der Waals surface area contributed by atoms with Crippen LogP contribution in [0.3, 0.4) is 0 Å². The third-order valence-corrected chi connectivity index (χ3v) is 2.58. The number of hydrogen-bond acceptors (Lipinski definition) is 4. The fourth-order valence-corrected chi connectivity index (χ4v) is 1.79. The highest BCUT2D eigenvalue weighted by Crippen LogP contribution is 2.26. The van der Waals surface area contributed by atoms with Crippen LogP contribution < -0.4 is 5.73 Å². The van der Waals surface area contributed by atoms with Crippen LogP contribution in [-0.2, 0) is 19.9 Å². The smallest absolute Gasteiger partial charge is 0.331 e. The zero-order valence-electron chi connectivity index (χ0n) is 11.9. The second-order valence-electron chi connectivity index (χ2n) is 5.72. The predicted octanol–water partition coefficient (Wildman–Crippen LogP) is 2.16. The Labute approximate surface area is 113 Å². The number of Topliss-reactive ketones (excluding diaryl/α,β-unsaturated/α-hetero) is 1. The van der Waals surface area contributed by atoms with E-state index in [4.69, 9.17) is 10.5 Å². The molecule has 1 aromatic rings. The van der Waals surface area contributed by atoms with E-state index in [9.17, 15) is 9.59 Å². The van der Waals surface area contributed by atoms with Gasteiger partial charge >= 0.3 is 5.97 Å². The van der Waals surface area contributed by atoms with Crippen LogP contribution in [0.25, 0.3) is 0 Å². The molecule has 0 aliphatic rings. The molecule has 104 valence electrons. The van der Waals surface area contributed by atoms with Crippen molar-refractivity contribution in [3.63, 3.8) is 0 Å². The zero-order chi connectivity index (χ0) is 14.7. The summed E-state index contributed by atoms with van der Waals surface area (Å²) >= 11 is 0. The maximum atomic E-state index is 12.3. The molecule has 1 rings (SSSR count). The number of ketones is 1. The van der Waals surface area contributed by atoms with Gasteiger partial charge in [-0.25, -0.2) is 4.79 Å². The summed E-state index contributed by atoms with van der Waals surface area (Å²) in [6.07, 6.45) is -0.0775. The molecule has 19 heavy (non-hydrogen) atoms. The lowest BCUT2D eigenvalue weighted by molar-refractivity contribution is -0.163. The summed E-state index contributed by atoms with van der Waals surface area (Å²) in [4.78, 5) is 23.7. The van der Waals surface area contributed by atoms with Crippen LogP contribution in [0.5, 0.6) is 0 Å². The van der Waals surface area contributed by atoms with Crippen LogP contribution in [-0.4, -0.2) is 17.4 Å². The van der Waals surface area contributed by atoms with Gasteiger partial charge in [0.25, 0.3) is 0 Å². The van der Waals surface area contributed by atoms with Gasteiger partial charge in [0.2, 0.25) is 0 Å². The molecule has 1 atom stereocenters. The maximum absolute atomic E-state index is 12.3. The van der Waals surface area contributed by atoms with Gasteiger partial charge in [-0.05, 0) is 33.3 Å². The summed E-state index contributed by atoms with van der Waals surface area (Å²) in [5, 5.41) is 0. The first kappa shape index (κ1) is 15.4. The van der Waals surface area contributed by atoms with Gasteiger partial charge in [-0.1, -0.05) is 30.3 Å². The molecular weight excluding hydrogens is 242 g/mol. The second kappa shape index (κ2) is 5.53. The number of benzene rings is 1. The lowest BCUT2D eigenvalue weighted by Crippen LogP contribution is -2.49. The van der Waals surface area contributed by atoms with Gasteiger partial charge in [0.1, 0.15) is 16.9 Å². The minimum Gasteiger partial charge on any atom is -0.458 e. The summed E-state index contributed by atoms with van der Waals surface area (Å²) in [5.41, 5.74) is 4.68. The standard InChI is InChI=1S/C15H21NO3/c1-11(17)10-15(16,12-8-6-5-7-9-12)13(18)19-14(2,3)4/h5-9H,10,16H2,1-4H3. The number of esters is 1. The van der Waals surface area contributed by atoms with Crippen molar-refractivity contribution in [1.82, 2.24) is 0 Å². The highest BCUT2D eigenvalue weighted by atomic mass is 16.6. The van der Waals surface area contributed by atoms with E-state index in [1.54, 1.807) is 45.0 Å². The predicted molar refractivity (Wildman–Crippen MR) is 73.5 cm³/mol. The summed E-state index contributed by atoms with van der Waals surface area (Å²) in [5.74, 6) is -0.737. The van der Waals surface area contributed by atoms with Gasteiger partial charge in [-0.15, -0.1) is 0 Å². The van der Waals surface area contributed by atoms with Crippen molar-refractivity contribution < 1.29 is 14.3 Å². The van der Waals surface area contributed by atoms with Gasteiger partial charge < -0.3 is 10.5 Å². The van der Waals surface area contributed by atoms with Crippen molar-refractivity contribution in [2.24, 2.45) is 5.73 Å². The van der Waals surface area contributed by atoms with Gasteiger partial charge in [0.15, 0.2) is 0 Å². The van der Waals surface area contributed by atoms with E-state index in [1.165, 1.54) is 6.92 Å². The van der Waals surface area contributed by atoms with Crippen molar-refractivity contribution in [3.8, 4) is 0 Å². The molecule has 0 spiro atoms.